The molecule has 3 aromatic rings. The van der Waals surface area contributed by atoms with E-state index in [1.807, 2.05) is 0 Å². The Bertz CT molecular complexity index is 809. The summed E-state index contributed by atoms with van der Waals surface area (Å²) in [4.78, 5) is 0. The molecule has 1 aliphatic carbocycles. The standard InChI is InChI=1S/C18H16.BH3O3.3H3N/c1-3-7-15-13(5-1)9-11-18-16-8-4-2-6-14(16)10-12-17(15)18;2-1(3)4;;;/h1,3,5,7,9-12H,2,4,6,8H2;2-4H;3*1H3. The molecule has 1 aliphatic rings. The molecule has 0 saturated heterocycles. The van der Waals surface area contributed by atoms with Crippen LogP contribution in [0.4, 0.5) is 0 Å². The molecule has 0 bridgehead atoms. The average molecular weight is 345 g/mol. The van der Waals surface area contributed by atoms with Gasteiger partial charge in [-0.3, -0.25) is 0 Å². The van der Waals surface area contributed by atoms with Crippen molar-refractivity contribution in [2.45, 2.75) is 25.7 Å². The van der Waals surface area contributed by atoms with Gasteiger partial charge in [0, 0.05) is 0 Å². The molecule has 0 saturated carbocycles. The fourth-order valence-electron chi connectivity index (χ4n) is 3.34. The first-order chi connectivity index (χ1) is 10.7. The summed E-state index contributed by atoms with van der Waals surface area (Å²) < 4.78 is 0. The van der Waals surface area contributed by atoms with E-state index in [0.717, 1.165) is 0 Å². The first-order valence-corrected chi connectivity index (χ1v) is 7.63. The zero-order chi connectivity index (χ0) is 15.5. The van der Waals surface area contributed by atoms with Gasteiger partial charge in [-0.1, -0.05) is 48.5 Å². The van der Waals surface area contributed by atoms with Crippen LogP contribution in [0.1, 0.15) is 24.0 Å². The van der Waals surface area contributed by atoms with Crippen molar-refractivity contribution in [2.75, 3.05) is 0 Å². The lowest BCUT2D eigenvalue weighted by atomic mass is 9.86. The van der Waals surface area contributed by atoms with Crippen LogP contribution >= 0.6 is 0 Å². The Balaban J connectivity index is 0.000000754. The first kappa shape index (κ1) is 23.0. The molecule has 0 spiro atoms. The van der Waals surface area contributed by atoms with E-state index >= 15 is 0 Å². The van der Waals surface area contributed by atoms with Gasteiger partial charge in [-0.05, 0) is 58.4 Å². The lowest BCUT2D eigenvalue weighted by Crippen LogP contribution is -2.07. The maximum atomic E-state index is 7.17. The van der Waals surface area contributed by atoms with Crippen LogP contribution in [0.25, 0.3) is 21.5 Å². The van der Waals surface area contributed by atoms with Crippen LogP contribution in [0.2, 0.25) is 0 Å². The number of hydrogen-bond donors (Lipinski definition) is 6. The number of rotatable bonds is 0. The zero-order valence-electron chi connectivity index (χ0n) is 14.5. The SMILES string of the molecule is N.N.N.OB(O)O.c1ccc2c(c1)ccc1c3c(ccc12)CCCC3. The molecule has 0 fully saturated rings. The average Bonchev–Trinajstić information content (AvgIpc) is 2.54. The number of fused-ring (bicyclic) bond motifs is 5. The third-order valence-electron chi connectivity index (χ3n) is 4.26. The van der Waals surface area contributed by atoms with Crippen LogP contribution in [-0.2, 0) is 12.8 Å². The molecule has 3 aromatic carbocycles. The topological polar surface area (TPSA) is 166 Å². The molecule has 0 aromatic heterocycles. The Morgan fingerprint density at radius 3 is 1.96 bits per heavy atom. The summed E-state index contributed by atoms with van der Waals surface area (Å²) in [5.74, 6) is 0. The van der Waals surface area contributed by atoms with E-state index in [-0.39, 0.29) is 18.5 Å². The second-order valence-corrected chi connectivity index (χ2v) is 5.64. The summed E-state index contributed by atoms with van der Waals surface area (Å²) in [7, 11) is -2.17. The van der Waals surface area contributed by atoms with E-state index in [1.54, 1.807) is 11.1 Å². The second-order valence-electron chi connectivity index (χ2n) is 5.64. The number of hydrogen-bond acceptors (Lipinski definition) is 6. The Labute approximate surface area is 148 Å². The zero-order valence-corrected chi connectivity index (χ0v) is 14.5. The predicted octanol–water partition coefficient (Wildman–Crippen LogP) is 3.31. The highest BCUT2D eigenvalue weighted by Crippen LogP contribution is 2.33. The maximum Gasteiger partial charge on any atom is 0.631 e. The van der Waals surface area contributed by atoms with Crippen molar-refractivity contribution in [3.63, 3.8) is 0 Å². The van der Waals surface area contributed by atoms with Gasteiger partial charge >= 0.3 is 7.32 Å². The minimum Gasteiger partial charge on any atom is -0.402 e. The van der Waals surface area contributed by atoms with Crippen molar-refractivity contribution >= 4 is 28.9 Å². The van der Waals surface area contributed by atoms with Gasteiger partial charge in [-0.2, -0.15) is 0 Å². The maximum absolute atomic E-state index is 7.17. The van der Waals surface area contributed by atoms with Gasteiger partial charge in [0.25, 0.3) is 0 Å². The minimum atomic E-state index is -2.17. The summed E-state index contributed by atoms with van der Waals surface area (Å²) in [5.41, 5.74) is 3.17. The molecule has 6 nitrogen and oxygen atoms in total. The van der Waals surface area contributed by atoms with Gasteiger partial charge in [0.15, 0.2) is 0 Å². The number of aryl methyl sites for hydroxylation is 2. The third-order valence-corrected chi connectivity index (χ3v) is 4.26. The van der Waals surface area contributed by atoms with Crippen LogP contribution in [-0.4, -0.2) is 22.4 Å². The molecule has 0 atom stereocenters. The van der Waals surface area contributed by atoms with E-state index in [9.17, 15) is 0 Å². The highest BCUT2D eigenvalue weighted by atomic mass is 16.5. The van der Waals surface area contributed by atoms with Gasteiger partial charge in [0.1, 0.15) is 0 Å². The van der Waals surface area contributed by atoms with Crippen molar-refractivity contribution in [3.05, 3.63) is 59.7 Å². The predicted molar refractivity (Wildman–Crippen MR) is 106 cm³/mol. The number of benzene rings is 3. The quantitative estimate of drug-likeness (QED) is 0.270. The molecule has 0 unspecified atom stereocenters. The fraction of sp³-hybridized carbons (Fsp3) is 0.222. The molecule has 12 N–H and O–H groups in total. The molecule has 25 heavy (non-hydrogen) atoms. The van der Waals surface area contributed by atoms with Crippen molar-refractivity contribution < 1.29 is 15.1 Å². The van der Waals surface area contributed by atoms with E-state index in [0.29, 0.717) is 0 Å². The van der Waals surface area contributed by atoms with Crippen LogP contribution in [0.5, 0.6) is 0 Å². The van der Waals surface area contributed by atoms with E-state index < -0.39 is 7.32 Å². The second kappa shape index (κ2) is 10.1. The van der Waals surface area contributed by atoms with Crippen LogP contribution in [0.15, 0.2) is 48.5 Å². The molecule has 0 aliphatic heterocycles. The third kappa shape index (κ3) is 4.99. The minimum absolute atomic E-state index is 0. The van der Waals surface area contributed by atoms with Crippen LogP contribution in [0, 0.1) is 0 Å². The van der Waals surface area contributed by atoms with Gasteiger partial charge in [0.05, 0.1) is 0 Å². The Hall–Kier alpha value is -2.00. The summed E-state index contributed by atoms with van der Waals surface area (Å²) in [6, 6.07) is 18.0. The monoisotopic (exact) mass is 345 g/mol. The van der Waals surface area contributed by atoms with Crippen molar-refractivity contribution in [1.29, 1.82) is 0 Å². The summed E-state index contributed by atoms with van der Waals surface area (Å²) in [6.45, 7) is 0. The molecule has 136 valence electrons. The summed E-state index contributed by atoms with van der Waals surface area (Å²) >= 11 is 0. The lowest BCUT2D eigenvalue weighted by Gasteiger charge is -2.18. The van der Waals surface area contributed by atoms with Crippen molar-refractivity contribution in [2.24, 2.45) is 0 Å². The van der Waals surface area contributed by atoms with Gasteiger partial charge in [-0.15, -0.1) is 0 Å². The highest BCUT2D eigenvalue weighted by Gasteiger charge is 2.13. The van der Waals surface area contributed by atoms with Gasteiger partial charge in [0.2, 0.25) is 0 Å². The fourth-order valence-corrected chi connectivity index (χ4v) is 3.34. The summed E-state index contributed by atoms with van der Waals surface area (Å²) in [5, 5.41) is 27.1. The Kier molecular flexibility index (Phi) is 9.29. The van der Waals surface area contributed by atoms with E-state index in [2.05, 4.69) is 48.5 Å². The van der Waals surface area contributed by atoms with Crippen LogP contribution in [0.3, 0.4) is 0 Å². The normalized spacial score (nSPS) is 11.8. The Morgan fingerprint density at radius 2 is 1.24 bits per heavy atom. The molecular formula is C18H28BN3O3. The van der Waals surface area contributed by atoms with Crippen molar-refractivity contribution in [1.82, 2.24) is 18.5 Å². The lowest BCUT2D eigenvalue weighted by molar-refractivity contribution is 0.278. The van der Waals surface area contributed by atoms with Gasteiger partial charge < -0.3 is 33.5 Å². The molecule has 0 heterocycles. The molecule has 0 radical (unpaired) electrons. The molecule has 4 rings (SSSR count). The molecule has 0 amide bonds. The van der Waals surface area contributed by atoms with Gasteiger partial charge in [-0.25, -0.2) is 0 Å². The largest absolute Gasteiger partial charge is 0.631 e. The van der Waals surface area contributed by atoms with E-state index in [4.69, 9.17) is 15.1 Å². The molecule has 7 heteroatoms. The first-order valence-electron chi connectivity index (χ1n) is 7.63. The molecular weight excluding hydrogens is 317 g/mol. The summed E-state index contributed by atoms with van der Waals surface area (Å²) in [6.07, 6.45) is 5.22. The smallest absolute Gasteiger partial charge is 0.402 e. The Morgan fingerprint density at radius 1 is 0.640 bits per heavy atom. The highest BCUT2D eigenvalue weighted by molar-refractivity contribution is 6.30. The van der Waals surface area contributed by atoms with Crippen molar-refractivity contribution in [3.8, 4) is 0 Å². The van der Waals surface area contributed by atoms with E-state index in [1.165, 1.54) is 47.2 Å². The van der Waals surface area contributed by atoms with Crippen LogP contribution < -0.4 is 18.5 Å².